The van der Waals surface area contributed by atoms with E-state index in [1.54, 1.807) is 6.92 Å². The van der Waals surface area contributed by atoms with E-state index in [0.29, 0.717) is 13.2 Å². The summed E-state index contributed by atoms with van der Waals surface area (Å²) < 4.78 is 15.4. The fourth-order valence-corrected chi connectivity index (χ4v) is 2.63. The molecule has 15 heavy (non-hydrogen) atoms. The highest BCUT2D eigenvalue weighted by atomic mass is 16.7. The molecule has 5 heteroatoms. The molecule has 5 atom stereocenters. The molecule has 3 fully saturated rings. The first kappa shape index (κ1) is 9.30. The van der Waals surface area contributed by atoms with Gasteiger partial charge >= 0.3 is 5.97 Å². The molecule has 2 aliphatic heterocycles. The maximum absolute atomic E-state index is 11.7. The molecule has 0 amide bonds. The average Bonchev–Trinajstić information content (AvgIpc) is 2.82. The molecule has 0 aromatic heterocycles. The van der Waals surface area contributed by atoms with Gasteiger partial charge in [-0.05, 0) is 6.92 Å². The number of hydrogen-bond donors (Lipinski definition) is 0. The van der Waals surface area contributed by atoms with E-state index >= 15 is 0 Å². The normalized spacial score (nSPS) is 46.2. The van der Waals surface area contributed by atoms with Gasteiger partial charge in [0.2, 0.25) is 6.29 Å². The summed E-state index contributed by atoms with van der Waals surface area (Å²) in [6, 6.07) is 0. The van der Waals surface area contributed by atoms with Crippen LogP contribution in [0.25, 0.3) is 0 Å². The SMILES string of the molecule is CCOC(=O)[C@H]1[C@@H]2C(=O)[C@@H]3OC[C@@H](O3)[C@H]12. The standard InChI is InChI=1S/C10H12O5/c1-2-13-9(12)7-5-4-3-14-10(15-4)8(11)6(5)7/h4-7,10H,2-3H2,1H3/t4-,5+,6-,7-,10-/m1/s1. The van der Waals surface area contributed by atoms with Gasteiger partial charge in [-0.1, -0.05) is 0 Å². The molecule has 3 rings (SSSR count). The fourth-order valence-electron chi connectivity index (χ4n) is 2.63. The number of carbonyl (C=O) groups is 2. The van der Waals surface area contributed by atoms with E-state index in [1.807, 2.05) is 0 Å². The van der Waals surface area contributed by atoms with Crippen LogP contribution in [-0.2, 0) is 23.8 Å². The molecule has 0 unspecified atom stereocenters. The van der Waals surface area contributed by atoms with Gasteiger partial charge in [0.25, 0.3) is 0 Å². The van der Waals surface area contributed by atoms with Gasteiger partial charge in [-0.15, -0.1) is 0 Å². The van der Waals surface area contributed by atoms with Crippen LogP contribution in [0.1, 0.15) is 6.92 Å². The lowest BCUT2D eigenvalue weighted by Gasteiger charge is -2.14. The van der Waals surface area contributed by atoms with Crippen LogP contribution in [0, 0.1) is 17.8 Å². The topological polar surface area (TPSA) is 61.8 Å². The lowest BCUT2D eigenvalue weighted by atomic mass is 10.1. The van der Waals surface area contributed by atoms with Crippen molar-refractivity contribution in [2.75, 3.05) is 13.2 Å². The Balaban J connectivity index is 1.77. The van der Waals surface area contributed by atoms with Crippen molar-refractivity contribution in [1.82, 2.24) is 0 Å². The maximum Gasteiger partial charge on any atom is 0.310 e. The van der Waals surface area contributed by atoms with Crippen LogP contribution in [-0.4, -0.2) is 37.4 Å². The van der Waals surface area contributed by atoms with Crippen molar-refractivity contribution in [2.45, 2.75) is 19.3 Å². The number of carbonyl (C=O) groups excluding carboxylic acids is 2. The predicted molar refractivity (Wildman–Crippen MR) is 46.7 cm³/mol. The minimum atomic E-state index is -0.726. The van der Waals surface area contributed by atoms with Crippen molar-refractivity contribution in [3.8, 4) is 0 Å². The summed E-state index contributed by atoms with van der Waals surface area (Å²) in [5, 5.41) is 0. The van der Waals surface area contributed by atoms with Crippen LogP contribution >= 0.6 is 0 Å². The first-order chi connectivity index (χ1) is 7.24. The molecule has 3 aliphatic rings. The van der Waals surface area contributed by atoms with E-state index in [0.717, 1.165) is 0 Å². The summed E-state index contributed by atoms with van der Waals surface area (Å²) in [5.41, 5.74) is 0. The molecule has 0 aromatic rings. The monoisotopic (exact) mass is 212 g/mol. The number of ketones is 1. The second-order valence-corrected chi connectivity index (χ2v) is 4.12. The highest BCUT2D eigenvalue weighted by Crippen LogP contribution is 2.56. The lowest BCUT2D eigenvalue weighted by molar-refractivity contribution is -0.154. The summed E-state index contributed by atoms with van der Waals surface area (Å²) in [6.07, 6.45) is -0.817. The summed E-state index contributed by atoms with van der Waals surface area (Å²) >= 11 is 0. The zero-order chi connectivity index (χ0) is 10.6. The Labute approximate surface area is 86.7 Å². The van der Waals surface area contributed by atoms with Gasteiger partial charge in [-0.2, -0.15) is 0 Å². The first-order valence-corrected chi connectivity index (χ1v) is 5.21. The molecule has 0 aromatic carbocycles. The molecule has 5 nitrogen and oxygen atoms in total. The van der Waals surface area contributed by atoms with E-state index in [1.165, 1.54) is 0 Å². The molecular formula is C10H12O5. The third-order valence-electron chi connectivity index (χ3n) is 3.33. The van der Waals surface area contributed by atoms with Crippen molar-refractivity contribution in [2.24, 2.45) is 17.8 Å². The molecule has 1 saturated carbocycles. The van der Waals surface area contributed by atoms with E-state index in [-0.39, 0.29) is 35.6 Å². The predicted octanol–water partition coefficient (Wildman–Crippen LogP) is -0.264. The second-order valence-electron chi connectivity index (χ2n) is 4.12. The molecule has 2 bridgehead atoms. The summed E-state index contributed by atoms with van der Waals surface area (Å²) in [4.78, 5) is 23.2. The van der Waals surface area contributed by atoms with Crippen LogP contribution in [0.5, 0.6) is 0 Å². The highest BCUT2D eigenvalue weighted by Gasteiger charge is 2.69. The molecule has 1 aliphatic carbocycles. The van der Waals surface area contributed by atoms with Gasteiger partial charge in [0, 0.05) is 11.8 Å². The summed E-state index contributed by atoms with van der Waals surface area (Å²) in [7, 11) is 0. The molecule has 2 saturated heterocycles. The Kier molecular flexibility index (Phi) is 1.87. The van der Waals surface area contributed by atoms with Crippen LogP contribution < -0.4 is 0 Å². The fraction of sp³-hybridized carbons (Fsp3) is 0.800. The second kappa shape index (κ2) is 3.02. The Morgan fingerprint density at radius 2 is 2.40 bits per heavy atom. The summed E-state index contributed by atoms with van der Waals surface area (Å²) in [5.74, 6) is -0.856. The number of fused-ring (bicyclic) bond motifs is 4. The van der Waals surface area contributed by atoms with E-state index in [4.69, 9.17) is 14.2 Å². The molecule has 0 spiro atoms. The largest absolute Gasteiger partial charge is 0.466 e. The van der Waals surface area contributed by atoms with Crippen molar-refractivity contribution in [3.05, 3.63) is 0 Å². The van der Waals surface area contributed by atoms with Crippen molar-refractivity contribution >= 4 is 11.8 Å². The Bertz CT molecular complexity index is 326. The molecule has 2 heterocycles. The number of rotatable bonds is 2. The summed E-state index contributed by atoms with van der Waals surface area (Å²) in [6.45, 7) is 2.54. The van der Waals surface area contributed by atoms with Crippen LogP contribution in [0.3, 0.4) is 0 Å². The van der Waals surface area contributed by atoms with E-state index in [9.17, 15) is 9.59 Å². The van der Waals surface area contributed by atoms with E-state index < -0.39 is 6.29 Å². The Morgan fingerprint density at radius 3 is 3.13 bits per heavy atom. The molecule has 82 valence electrons. The van der Waals surface area contributed by atoms with Gasteiger partial charge in [0.15, 0.2) is 5.78 Å². The van der Waals surface area contributed by atoms with Gasteiger partial charge in [-0.3, -0.25) is 9.59 Å². The zero-order valence-electron chi connectivity index (χ0n) is 8.34. The third-order valence-corrected chi connectivity index (χ3v) is 3.33. The minimum absolute atomic E-state index is 0.00435. The minimum Gasteiger partial charge on any atom is -0.466 e. The van der Waals surface area contributed by atoms with Gasteiger partial charge in [0.05, 0.1) is 25.2 Å². The van der Waals surface area contributed by atoms with Crippen LogP contribution in [0.4, 0.5) is 0 Å². The number of Topliss-reactive ketones (excluding diaryl/α,β-unsaturated/α-hetero) is 1. The third kappa shape index (κ3) is 1.16. The number of esters is 1. The lowest BCUT2D eigenvalue weighted by Crippen LogP contribution is -2.30. The van der Waals surface area contributed by atoms with E-state index in [2.05, 4.69) is 0 Å². The Hall–Kier alpha value is -0.940. The molecular weight excluding hydrogens is 200 g/mol. The number of hydrogen-bond acceptors (Lipinski definition) is 5. The van der Waals surface area contributed by atoms with Crippen molar-refractivity contribution in [3.63, 3.8) is 0 Å². The van der Waals surface area contributed by atoms with Gasteiger partial charge in [0.1, 0.15) is 0 Å². The van der Waals surface area contributed by atoms with Gasteiger partial charge < -0.3 is 14.2 Å². The zero-order valence-corrected chi connectivity index (χ0v) is 8.34. The highest BCUT2D eigenvalue weighted by molar-refractivity contribution is 5.95. The first-order valence-electron chi connectivity index (χ1n) is 5.21. The quantitative estimate of drug-likeness (QED) is 0.590. The van der Waals surface area contributed by atoms with Crippen LogP contribution in [0.2, 0.25) is 0 Å². The smallest absolute Gasteiger partial charge is 0.310 e. The maximum atomic E-state index is 11.7. The number of ether oxygens (including phenoxy) is 3. The van der Waals surface area contributed by atoms with Crippen molar-refractivity contribution < 1.29 is 23.8 Å². The molecule has 0 N–H and O–H groups in total. The molecule has 0 radical (unpaired) electrons. The Morgan fingerprint density at radius 1 is 1.60 bits per heavy atom. The van der Waals surface area contributed by atoms with Gasteiger partial charge in [-0.25, -0.2) is 0 Å². The van der Waals surface area contributed by atoms with Crippen molar-refractivity contribution in [1.29, 1.82) is 0 Å². The van der Waals surface area contributed by atoms with Crippen LogP contribution in [0.15, 0.2) is 0 Å². The average molecular weight is 212 g/mol.